The largest absolute Gasteiger partial charge is 0.442 e. The lowest BCUT2D eigenvalue weighted by Crippen LogP contribution is -2.53. The molecule has 1 amide bonds. The lowest BCUT2D eigenvalue weighted by molar-refractivity contribution is 0.0335. The lowest BCUT2D eigenvalue weighted by atomic mass is 10.2. The molecule has 0 unspecified atom stereocenters. The molecule has 0 heterocycles. The second-order valence-corrected chi connectivity index (χ2v) is 8.13. The summed E-state index contributed by atoms with van der Waals surface area (Å²) in [6.45, 7) is 9.54. The summed E-state index contributed by atoms with van der Waals surface area (Å²) >= 11 is 0. The summed E-state index contributed by atoms with van der Waals surface area (Å²) in [6, 6.07) is 0. The van der Waals surface area contributed by atoms with Gasteiger partial charge >= 0.3 is 6.09 Å². The smallest absolute Gasteiger partial charge is 0.439 e. The monoisotopic (exact) mass is 266 g/mol. The summed E-state index contributed by atoms with van der Waals surface area (Å²) in [5.74, 6) is 0. The van der Waals surface area contributed by atoms with Gasteiger partial charge in [-0.3, -0.25) is 0 Å². The third kappa shape index (κ3) is 4.16. The number of carbonyl (C=O) groups excluding carboxylic acids is 1. The Balaban J connectivity index is 5.19. The number of ether oxygens (including phenoxy) is 1. The highest BCUT2D eigenvalue weighted by atomic mass is 32.2. The van der Waals surface area contributed by atoms with Crippen molar-refractivity contribution >= 4 is 16.1 Å². The molecule has 0 fully saturated rings. The average Bonchev–Trinajstić information content (AvgIpc) is 1.98. The number of nitrogens with one attached hydrogen (secondary N) is 1. The Hall–Kier alpha value is -0.820. The minimum absolute atomic E-state index is 0.526. The Morgan fingerprint density at radius 3 is 1.76 bits per heavy atom. The fourth-order valence-electron chi connectivity index (χ4n) is 0.887. The molecule has 0 aromatic carbocycles. The fraction of sp³-hybridized carbons (Fsp3) is 0.900. The molecule has 17 heavy (non-hydrogen) atoms. The van der Waals surface area contributed by atoms with Gasteiger partial charge < -0.3 is 4.74 Å². The molecular weight excluding hydrogens is 244 g/mol. The molecule has 0 radical (unpaired) electrons. The van der Waals surface area contributed by atoms with Crippen LogP contribution in [0.25, 0.3) is 0 Å². The SMILES string of the molecule is CNN(C(=O)OC(C)(C)C)S(=O)(=O)C(C)(C)C. The van der Waals surface area contributed by atoms with E-state index in [-0.39, 0.29) is 0 Å². The van der Waals surface area contributed by atoms with Crippen molar-refractivity contribution in [2.24, 2.45) is 0 Å². The van der Waals surface area contributed by atoms with Gasteiger partial charge in [-0.05, 0) is 41.5 Å². The predicted octanol–water partition coefficient (Wildman–Crippen LogP) is 1.49. The van der Waals surface area contributed by atoms with Gasteiger partial charge in [-0.15, -0.1) is 4.41 Å². The van der Waals surface area contributed by atoms with Gasteiger partial charge in [0.05, 0.1) is 4.75 Å². The van der Waals surface area contributed by atoms with Crippen LogP contribution >= 0.6 is 0 Å². The van der Waals surface area contributed by atoms with E-state index in [4.69, 9.17) is 4.74 Å². The van der Waals surface area contributed by atoms with Gasteiger partial charge in [0, 0.05) is 7.05 Å². The van der Waals surface area contributed by atoms with E-state index in [1.54, 1.807) is 20.8 Å². The quantitative estimate of drug-likeness (QED) is 0.766. The molecule has 0 aliphatic carbocycles. The van der Waals surface area contributed by atoms with Crippen LogP contribution in [-0.2, 0) is 14.8 Å². The highest BCUT2D eigenvalue weighted by molar-refractivity contribution is 7.90. The van der Waals surface area contributed by atoms with Gasteiger partial charge in [0.1, 0.15) is 5.60 Å². The average molecular weight is 266 g/mol. The number of sulfonamides is 1. The summed E-state index contributed by atoms with van der Waals surface area (Å²) in [5, 5.41) is 0. The third-order valence-electron chi connectivity index (χ3n) is 1.78. The van der Waals surface area contributed by atoms with Crippen LogP contribution in [0.3, 0.4) is 0 Å². The first kappa shape index (κ1) is 16.2. The summed E-state index contributed by atoms with van der Waals surface area (Å²) in [6.07, 6.45) is -0.935. The summed E-state index contributed by atoms with van der Waals surface area (Å²) < 4.78 is 28.6. The number of rotatable bonds is 2. The molecule has 0 bridgehead atoms. The zero-order chi connectivity index (χ0) is 14.1. The minimum Gasteiger partial charge on any atom is -0.442 e. The van der Waals surface area contributed by atoms with Crippen molar-refractivity contribution in [2.45, 2.75) is 51.9 Å². The van der Waals surface area contributed by atoms with Crippen molar-refractivity contribution in [1.29, 1.82) is 0 Å². The van der Waals surface area contributed by atoms with Gasteiger partial charge in [0.25, 0.3) is 10.0 Å². The number of hydrogen-bond acceptors (Lipinski definition) is 5. The van der Waals surface area contributed by atoms with Gasteiger partial charge in [-0.25, -0.2) is 18.6 Å². The Labute approximate surface area is 103 Å². The molecular formula is C10H22N2O4S. The maximum Gasteiger partial charge on any atom is 0.439 e. The molecule has 102 valence electrons. The van der Waals surface area contributed by atoms with Crippen molar-refractivity contribution in [3.63, 3.8) is 0 Å². The van der Waals surface area contributed by atoms with Crippen molar-refractivity contribution in [3.8, 4) is 0 Å². The van der Waals surface area contributed by atoms with Crippen molar-refractivity contribution < 1.29 is 17.9 Å². The van der Waals surface area contributed by atoms with Gasteiger partial charge in [0.2, 0.25) is 0 Å². The van der Waals surface area contributed by atoms with Crippen molar-refractivity contribution in [3.05, 3.63) is 0 Å². The van der Waals surface area contributed by atoms with E-state index in [0.29, 0.717) is 4.41 Å². The van der Waals surface area contributed by atoms with Crippen LogP contribution in [0, 0.1) is 0 Å². The molecule has 7 heteroatoms. The first-order valence-corrected chi connectivity index (χ1v) is 6.72. The number of amides is 1. The number of nitrogens with zero attached hydrogens (tertiary/aromatic N) is 1. The van der Waals surface area contributed by atoms with Crippen LogP contribution in [0.1, 0.15) is 41.5 Å². The number of hydrazine groups is 1. The van der Waals surface area contributed by atoms with E-state index < -0.39 is 26.5 Å². The molecule has 0 aliphatic rings. The standard InChI is InChI=1S/C10H22N2O4S/c1-9(2,3)16-8(13)12(11-7)17(14,15)10(4,5)6/h11H,1-7H3. The summed E-state index contributed by atoms with van der Waals surface area (Å²) in [7, 11) is -2.46. The Morgan fingerprint density at radius 2 is 1.53 bits per heavy atom. The van der Waals surface area contributed by atoms with Gasteiger partial charge in [0.15, 0.2) is 0 Å². The summed E-state index contributed by atoms with van der Waals surface area (Å²) in [5.41, 5.74) is 1.59. The maximum atomic E-state index is 12.1. The van der Waals surface area contributed by atoms with Gasteiger partial charge in [-0.2, -0.15) is 0 Å². The van der Waals surface area contributed by atoms with Crippen LogP contribution in [-0.4, -0.2) is 36.3 Å². The zero-order valence-corrected chi connectivity index (χ0v) is 12.3. The van der Waals surface area contributed by atoms with E-state index in [0.717, 1.165) is 0 Å². The van der Waals surface area contributed by atoms with E-state index in [2.05, 4.69) is 5.43 Å². The molecule has 1 N–H and O–H groups in total. The normalized spacial score (nSPS) is 13.4. The topological polar surface area (TPSA) is 75.7 Å². The Morgan fingerprint density at radius 1 is 1.12 bits per heavy atom. The number of carbonyl (C=O) groups is 1. The van der Waals surface area contributed by atoms with Crippen LogP contribution in [0.5, 0.6) is 0 Å². The van der Waals surface area contributed by atoms with Gasteiger partial charge in [-0.1, -0.05) is 0 Å². The molecule has 0 aliphatic heterocycles. The Bertz CT molecular complexity index is 376. The second-order valence-electron chi connectivity index (χ2n) is 5.59. The van der Waals surface area contributed by atoms with Crippen LogP contribution in [0.2, 0.25) is 0 Å². The van der Waals surface area contributed by atoms with Crippen molar-refractivity contribution in [1.82, 2.24) is 9.84 Å². The van der Waals surface area contributed by atoms with E-state index >= 15 is 0 Å². The first-order chi connectivity index (χ1) is 7.33. The third-order valence-corrected chi connectivity index (χ3v) is 4.14. The predicted molar refractivity (Wildman–Crippen MR) is 65.8 cm³/mol. The van der Waals surface area contributed by atoms with Crippen molar-refractivity contribution in [2.75, 3.05) is 7.05 Å². The highest BCUT2D eigenvalue weighted by Gasteiger charge is 2.40. The molecule has 0 atom stereocenters. The molecule has 0 saturated carbocycles. The molecule has 0 saturated heterocycles. The molecule has 0 rings (SSSR count). The van der Waals surface area contributed by atoms with E-state index in [1.165, 1.54) is 27.8 Å². The second kappa shape index (κ2) is 4.81. The molecule has 0 aromatic rings. The lowest BCUT2D eigenvalue weighted by Gasteiger charge is -2.30. The first-order valence-electron chi connectivity index (χ1n) is 5.28. The van der Waals surface area contributed by atoms with E-state index in [1.807, 2.05) is 0 Å². The van der Waals surface area contributed by atoms with E-state index in [9.17, 15) is 13.2 Å². The summed E-state index contributed by atoms with van der Waals surface area (Å²) in [4.78, 5) is 11.7. The minimum atomic E-state index is -3.81. The van der Waals surface area contributed by atoms with Crippen LogP contribution < -0.4 is 5.43 Å². The molecule has 0 aromatic heterocycles. The maximum absolute atomic E-state index is 12.1. The zero-order valence-electron chi connectivity index (χ0n) is 11.5. The molecule has 0 spiro atoms. The fourth-order valence-corrected chi connectivity index (χ4v) is 1.91. The Kier molecular flexibility index (Phi) is 4.58. The number of hydrogen-bond donors (Lipinski definition) is 1. The molecule has 6 nitrogen and oxygen atoms in total. The van der Waals surface area contributed by atoms with Crippen LogP contribution in [0.4, 0.5) is 4.79 Å². The van der Waals surface area contributed by atoms with Crippen LogP contribution in [0.15, 0.2) is 0 Å². The highest BCUT2D eigenvalue weighted by Crippen LogP contribution is 2.20.